The number of hydrogen-bond donors (Lipinski definition) is 0. The molecule has 4 rings (SSSR count). The Morgan fingerprint density at radius 2 is 1.81 bits per heavy atom. The van der Waals surface area contributed by atoms with Crippen molar-refractivity contribution in [3.05, 3.63) is 59.9 Å². The van der Waals surface area contributed by atoms with Gasteiger partial charge >= 0.3 is 0 Å². The van der Waals surface area contributed by atoms with Crippen molar-refractivity contribution in [1.29, 1.82) is 0 Å². The molecule has 0 unspecified atom stereocenters. The van der Waals surface area contributed by atoms with Crippen molar-refractivity contribution in [3.63, 3.8) is 0 Å². The Morgan fingerprint density at radius 1 is 1.08 bits per heavy atom. The highest BCUT2D eigenvalue weighted by Gasteiger charge is 2.54. The van der Waals surface area contributed by atoms with Crippen molar-refractivity contribution in [3.8, 4) is 5.75 Å². The van der Waals surface area contributed by atoms with E-state index < -0.39 is 29.7 Å². The lowest BCUT2D eigenvalue weighted by Crippen LogP contribution is -2.39. The summed E-state index contributed by atoms with van der Waals surface area (Å²) >= 11 is 0. The number of hydrogen-bond acceptors (Lipinski definition) is 6. The Balaban J connectivity index is 1.60. The third-order valence-electron chi connectivity index (χ3n) is 4.48. The molecule has 0 bridgehead atoms. The number of benzene rings is 2. The summed E-state index contributed by atoms with van der Waals surface area (Å²) in [5, 5.41) is 9.22. The third-order valence-corrected chi connectivity index (χ3v) is 4.48. The van der Waals surface area contributed by atoms with Crippen LogP contribution in [0.5, 0.6) is 5.75 Å². The van der Waals surface area contributed by atoms with E-state index in [4.69, 9.17) is 4.74 Å². The van der Waals surface area contributed by atoms with Gasteiger partial charge in [-0.25, -0.2) is 9.29 Å². The summed E-state index contributed by atoms with van der Waals surface area (Å²) in [4.78, 5) is 26.6. The minimum Gasteiger partial charge on any atom is -0.497 e. The van der Waals surface area contributed by atoms with Gasteiger partial charge in [0.15, 0.2) is 12.1 Å². The van der Waals surface area contributed by atoms with E-state index in [0.29, 0.717) is 17.0 Å². The summed E-state index contributed by atoms with van der Waals surface area (Å²) in [6.07, 6.45) is 0. The number of methoxy groups -OCH3 is 1. The SMILES string of the molecule is COc1ccc(N2C(=O)[C@@H]3[C@@H](N=NN3Cc3ccccc3F)C2=O)cc1. The summed E-state index contributed by atoms with van der Waals surface area (Å²) in [5.41, 5.74) is 0.825. The molecule has 0 aliphatic carbocycles. The molecule has 2 aliphatic heterocycles. The summed E-state index contributed by atoms with van der Waals surface area (Å²) in [6.45, 7) is 0.0623. The highest BCUT2D eigenvalue weighted by Crippen LogP contribution is 2.33. The maximum Gasteiger partial charge on any atom is 0.263 e. The summed E-state index contributed by atoms with van der Waals surface area (Å²) in [5.74, 6) is -0.639. The van der Waals surface area contributed by atoms with E-state index in [0.717, 1.165) is 4.90 Å². The zero-order valence-corrected chi connectivity index (χ0v) is 13.9. The van der Waals surface area contributed by atoms with E-state index in [1.54, 1.807) is 42.5 Å². The highest BCUT2D eigenvalue weighted by atomic mass is 19.1. The van der Waals surface area contributed by atoms with Crippen LogP contribution in [0.25, 0.3) is 0 Å². The lowest BCUT2D eigenvalue weighted by Gasteiger charge is -2.21. The fourth-order valence-corrected chi connectivity index (χ4v) is 3.14. The van der Waals surface area contributed by atoms with Gasteiger partial charge in [0, 0.05) is 5.56 Å². The van der Waals surface area contributed by atoms with Crippen LogP contribution in [0, 0.1) is 5.82 Å². The number of rotatable bonds is 4. The molecule has 2 atom stereocenters. The molecule has 2 amide bonds. The monoisotopic (exact) mass is 354 g/mol. The van der Waals surface area contributed by atoms with E-state index in [-0.39, 0.29) is 6.54 Å². The molecule has 0 aromatic heterocycles. The molecule has 1 saturated heterocycles. The van der Waals surface area contributed by atoms with Crippen molar-refractivity contribution in [1.82, 2.24) is 5.01 Å². The van der Waals surface area contributed by atoms with Gasteiger partial charge in [0.25, 0.3) is 11.8 Å². The second kappa shape index (κ2) is 6.21. The van der Waals surface area contributed by atoms with Crippen LogP contribution in [-0.4, -0.2) is 36.0 Å². The topological polar surface area (TPSA) is 74.6 Å². The highest BCUT2D eigenvalue weighted by molar-refractivity contribution is 6.25. The standard InChI is InChI=1S/C18H15FN4O3/c1-26-13-8-6-12(7-9-13)23-17(24)15-16(18(23)25)22(21-20-15)10-11-4-2-3-5-14(11)19/h2-9,15-16H,10H2,1H3/t15-,16+/m1/s1. The molecule has 2 heterocycles. The number of fused-ring (bicyclic) bond motifs is 1. The number of nitrogens with zero attached hydrogens (tertiary/aromatic N) is 4. The molecule has 0 spiro atoms. The smallest absolute Gasteiger partial charge is 0.263 e. The zero-order valence-electron chi connectivity index (χ0n) is 13.9. The first kappa shape index (κ1) is 16.2. The fraction of sp³-hybridized carbons (Fsp3) is 0.222. The van der Waals surface area contributed by atoms with Crippen molar-refractivity contribution in [2.75, 3.05) is 12.0 Å². The van der Waals surface area contributed by atoms with Crippen LogP contribution in [0.3, 0.4) is 0 Å². The van der Waals surface area contributed by atoms with E-state index in [2.05, 4.69) is 10.3 Å². The first-order valence-electron chi connectivity index (χ1n) is 8.03. The van der Waals surface area contributed by atoms with Gasteiger partial charge in [0.05, 0.1) is 19.3 Å². The predicted molar refractivity (Wildman–Crippen MR) is 89.9 cm³/mol. The molecule has 0 N–H and O–H groups in total. The third kappa shape index (κ3) is 2.50. The minimum absolute atomic E-state index is 0.0623. The number of carbonyl (C=O) groups excluding carboxylic acids is 2. The van der Waals surface area contributed by atoms with Crippen LogP contribution in [-0.2, 0) is 16.1 Å². The van der Waals surface area contributed by atoms with Crippen LogP contribution in [0.4, 0.5) is 10.1 Å². The lowest BCUT2D eigenvalue weighted by molar-refractivity contribution is -0.123. The molecule has 7 nitrogen and oxygen atoms in total. The zero-order chi connectivity index (χ0) is 18.3. The first-order chi connectivity index (χ1) is 12.6. The molecule has 8 heteroatoms. The molecular weight excluding hydrogens is 339 g/mol. The Labute approximate surface area is 148 Å². The van der Waals surface area contributed by atoms with Gasteiger partial charge < -0.3 is 4.74 Å². The van der Waals surface area contributed by atoms with Gasteiger partial charge in [-0.05, 0) is 30.3 Å². The van der Waals surface area contributed by atoms with Crippen LogP contribution >= 0.6 is 0 Å². The largest absolute Gasteiger partial charge is 0.497 e. The van der Waals surface area contributed by atoms with Crippen LogP contribution in [0.15, 0.2) is 58.9 Å². The van der Waals surface area contributed by atoms with Crippen molar-refractivity contribution >= 4 is 17.5 Å². The quantitative estimate of drug-likeness (QED) is 0.790. The second-order valence-electron chi connectivity index (χ2n) is 5.99. The normalized spacial score (nSPS) is 21.5. The first-order valence-corrected chi connectivity index (χ1v) is 8.03. The van der Waals surface area contributed by atoms with Gasteiger partial charge in [0.2, 0.25) is 0 Å². The lowest BCUT2D eigenvalue weighted by atomic mass is 10.1. The van der Waals surface area contributed by atoms with Gasteiger partial charge in [-0.15, -0.1) is 0 Å². The number of amides is 2. The molecule has 0 radical (unpaired) electrons. The number of imide groups is 1. The average molecular weight is 354 g/mol. The average Bonchev–Trinajstić information content (AvgIpc) is 3.17. The van der Waals surface area contributed by atoms with E-state index in [9.17, 15) is 14.0 Å². The maximum atomic E-state index is 13.9. The Morgan fingerprint density at radius 3 is 2.50 bits per heavy atom. The van der Waals surface area contributed by atoms with Gasteiger partial charge in [-0.3, -0.25) is 14.6 Å². The molecule has 1 fully saturated rings. The Kier molecular flexibility index (Phi) is 3.87. The second-order valence-corrected chi connectivity index (χ2v) is 5.99. The number of ether oxygens (including phenoxy) is 1. The Bertz CT molecular complexity index is 900. The summed E-state index contributed by atoms with van der Waals surface area (Å²) in [6, 6.07) is 11.1. The number of anilines is 1. The molecule has 0 saturated carbocycles. The van der Waals surface area contributed by atoms with Crippen LogP contribution in [0.1, 0.15) is 5.56 Å². The van der Waals surface area contributed by atoms with E-state index >= 15 is 0 Å². The molecule has 2 aromatic carbocycles. The van der Waals surface area contributed by atoms with E-state index in [1.807, 2.05) is 0 Å². The minimum atomic E-state index is -0.906. The Hall–Kier alpha value is -3.29. The maximum absolute atomic E-state index is 13.9. The van der Waals surface area contributed by atoms with Gasteiger partial charge in [-0.1, -0.05) is 23.4 Å². The van der Waals surface area contributed by atoms with Gasteiger partial charge in [-0.2, -0.15) is 5.11 Å². The van der Waals surface area contributed by atoms with Crippen molar-refractivity contribution < 1.29 is 18.7 Å². The number of halogens is 1. The van der Waals surface area contributed by atoms with Gasteiger partial charge in [0.1, 0.15) is 11.6 Å². The van der Waals surface area contributed by atoms with Crippen LogP contribution in [0.2, 0.25) is 0 Å². The summed E-state index contributed by atoms with van der Waals surface area (Å²) < 4.78 is 19.0. The molecule has 2 aromatic rings. The van der Waals surface area contributed by atoms with E-state index in [1.165, 1.54) is 18.2 Å². The predicted octanol–water partition coefficient (Wildman–Crippen LogP) is 2.33. The molecule has 2 aliphatic rings. The molecule has 26 heavy (non-hydrogen) atoms. The fourth-order valence-electron chi connectivity index (χ4n) is 3.14. The summed E-state index contributed by atoms with van der Waals surface area (Å²) in [7, 11) is 1.53. The molecular formula is C18H15FN4O3. The van der Waals surface area contributed by atoms with Crippen molar-refractivity contribution in [2.24, 2.45) is 10.3 Å². The molecule has 132 valence electrons. The number of carbonyl (C=O) groups is 2. The van der Waals surface area contributed by atoms with Crippen molar-refractivity contribution in [2.45, 2.75) is 18.6 Å². The van der Waals surface area contributed by atoms with Crippen LogP contribution < -0.4 is 9.64 Å².